The van der Waals surface area contributed by atoms with E-state index in [2.05, 4.69) is 5.32 Å². The van der Waals surface area contributed by atoms with Gasteiger partial charge in [-0.25, -0.2) is 4.79 Å². The summed E-state index contributed by atoms with van der Waals surface area (Å²) < 4.78 is 5.02. The van der Waals surface area contributed by atoms with E-state index in [1.165, 1.54) is 4.90 Å². The predicted octanol–water partition coefficient (Wildman–Crippen LogP) is 2.03. The Balaban J connectivity index is 1.72. The van der Waals surface area contributed by atoms with Crippen molar-refractivity contribution in [3.63, 3.8) is 0 Å². The number of aliphatic hydroxyl groups excluding tert-OH is 1. The number of benzene rings is 2. The van der Waals surface area contributed by atoms with Crippen molar-refractivity contribution < 1.29 is 24.2 Å². The summed E-state index contributed by atoms with van der Waals surface area (Å²) in [6.07, 6.45) is -1.34. The molecule has 7 nitrogen and oxygen atoms in total. The van der Waals surface area contributed by atoms with Crippen LogP contribution in [-0.2, 0) is 19.1 Å². The summed E-state index contributed by atoms with van der Waals surface area (Å²) in [5.74, 6) is -1.57. The highest BCUT2D eigenvalue weighted by Crippen LogP contribution is 2.31. The van der Waals surface area contributed by atoms with Gasteiger partial charge in [0.15, 0.2) is 12.7 Å². The van der Waals surface area contributed by atoms with Crippen LogP contribution in [0.15, 0.2) is 54.6 Å². The molecule has 0 saturated carbocycles. The minimum Gasteiger partial charge on any atom is -0.453 e. The van der Waals surface area contributed by atoms with Crippen LogP contribution in [0.1, 0.15) is 25.0 Å². The zero-order valence-electron chi connectivity index (χ0n) is 14.8. The highest BCUT2D eigenvalue weighted by molar-refractivity contribution is 6.05. The molecule has 0 spiro atoms. The van der Waals surface area contributed by atoms with Crippen molar-refractivity contribution in [2.75, 3.05) is 16.8 Å². The first-order chi connectivity index (χ1) is 13.0. The standard InChI is InChI=1S/C20H20N2O5/c1-13-11-17(23)21-15-9-5-6-10-16(15)22(13)18(24)12-27-20(26)19(25)14-7-3-2-4-8-14/h2-10,13,19,25H,11-12H2,1H3,(H,21,23)/t13-,19-/m0/s1. The fourth-order valence-electron chi connectivity index (χ4n) is 3.02. The van der Waals surface area contributed by atoms with E-state index in [4.69, 9.17) is 4.74 Å². The molecule has 140 valence electrons. The van der Waals surface area contributed by atoms with E-state index in [0.29, 0.717) is 16.9 Å². The molecule has 2 atom stereocenters. The quantitative estimate of drug-likeness (QED) is 0.805. The smallest absolute Gasteiger partial charge is 0.340 e. The van der Waals surface area contributed by atoms with Crippen molar-refractivity contribution in [2.24, 2.45) is 0 Å². The predicted molar refractivity (Wildman–Crippen MR) is 99.0 cm³/mol. The summed E-state index contributed by atoms with van der Waals surface area (Å²) in [4.78, 5) is 38.2. The van der Waals surface area contributed by atoms with Gasteiger partial charge >= 0.3 is 5.97 Å². The van der Waals surface area contributed by atoms with Gasteiger partial charge in [-0.3, -0.25) is 9.59 Å². The summed E-state index contributed by atoms with van der Waals surface area (Å²) in [5.41, 5.74) is 1.45. The van der Waals surface area contributed by atoms with Crippen LogP contribution in [0.25, 0.3) is 0 Å². The highest BCUT2D eigenvalue weighted by atomic mass is 16.5. The van der Waals surface area contributed by atoms with E-state index in [0.717, 1.165) is 0 Å². The van der Waals surface area contributed by atoms with Crippen LogP contribution in [0.4, 0.5) is 11.4 Å². The maximum Gasteiger partial charge on any atom is 0.340 e. The Hall–Kier alpha value is -3.19. The Morgan fingerprint density at radius 1 is 1.19 bits per heavy atom. The lowest BCUT2D eigenvalue weighted by atomic mass is 10.1. The third-order valence-corrected chi connectivity index (χ3v) is 4.30. The molecule has 2 aromatic rings. The number of anilines is 2. The number of para-hydroxylation sites is 2. The number of aliphatic hydroxyl groups is 1. The fraction of sp³-hybridized carbons (Fsp3) is 0.250. The normalized spacial score (nSPS) is 17.3. The van der Waals surface area contributed by atoms with Crippen molar-refractivity contribution >= 4 is 29.2 Å². The number of hydrogen-bond acceptors (Lipinski definition) is 5. The van der Waals surface area contributed by atoms with Crippen molar-refractivity contribution in [1.82, 2.24) is 0 Å². The van der Waals surface area contributed by atoms with Crippen LogP contribution in [0.3, 0.4) is 0 Å². The number of ether oxygens (including phenoxy) is 1. The third-order valence-electron chi connectivity index (χ3n) is 4.30. The van der Waals surface area contributed by atoms with Gasteiger partial charge in [-0.15, -0.1) is 0 Å². The molecular weight excluding hydrogens is 348 g/mol. The van der Waals surface area contributed by atoms with E-state index in [1.54, 1.807) is 61.5 Å². The topological polar surface area (TPSA) is 95.9 Å². The molecule has 0 aliphatic carbocycles. The molecule has 1 aliphatic heterocycles. The van der Waals surface area contributed by atoms with Gasteiger partial charge in [0.2, 0.25) is 5.91 Å². The van der Waals surface area contributed by atoms with Gasteiger partial charge in [0.1, 0.15) is 0 Å². The molecular formula is C20H20N2O5. The third kappa shape index (κ3) is 4.15. The monoisotopic (exact) mass is 368 g/mol. The molecule has 0 saturated heterocycles. The summed E-state index contributed by atoms with van der Waals surface area (Å²) in [6, 6.07) is 14.9. The Bertz CT molecular complexity index is 852. The lowest BCUT2D eigenvalue weighted by molar-refractivity contribution is -0.156. The van der Waals surface area contributed by atoms with Crippen molar-refractivity contribution in [3.8, 4) is 0 Å². The summed E-state index contributed by atoms with van der Waals surface area (Å²) in [7, 11) is 0. The molecule has 0 unspecified atom stereocenters. The molecule has 2 amide bonds. The molecule has 2 N–H and O–H groups in total. The van der Waals surface area contributed by atoms with Gasteiger partial charge in [-0.05, 0) is 24.6 Å². The molecule has 0 radical (unpaired) electrons. The number of carbonyl (C=O) groups excluding carboxylic acids is 3. The molecule has 2 aromatic carbocycles. The number of esters is 1. The molecule has 0 bridgehead atoms. The second kappa shape index (κ2) is 8.01. The van der Waals surface area contributed by atoms with E-state index >= 15 is 0 Å². The molecule has 3 rings (SSSR count). The Morgan fingerprint density at radius 3 is 2.59 bits per heavy atom. The molecule has 0 aromatic heterocycles. The van der Waals surface area contributed by atoms with Gasteiger partial charge in [0.25, 0.3) is 5.91 Å². The van der Waals surface area contributed by atoms with Crippen LogP contribution in [0.2, 0.25) is 0 Å². The minimum atomic E-state index is -1.46. The van der Waals surface area contributed by atoms with Crippen molar-refractivity contribution in [3.05, 3.63) is 60.2 Å². The fourth-order valence-corrected chi connectivity index (χ4v) is 3.02. The second-order valence-corrected chi connectivity index (χ2v) is 6.30. The number of hydrogen-bond donors (Lipinski definition) is 2. The summed E-state index contributed by atoms with van der Waals surface area (Å²) in [6.45, 7) is 1.22. The lowest BCUT2D eigenvalue weighted by Crippen LogP contribution is -2.41. The zero-order chi connectivity index (χ0) is 19.4. The zero-order valence-corrected chi connectivity index (χ0v) is 14.8. The first-order valence-electron chi connectivity index (χ1n) is 8.58. The first kappa shape index (κ1) is 18.6. The maximum absolute atomic E-state index is 12.7. The van der Waals surface area contributed by atoms with Crippen LogP contribution in [0, 0.1) is 0 Å². The lowest BCUT2D eigenvalue weighted by Gasteiger charge is -2.27. The summed E-state index contributed by atoms with van der Waals surface area (Å²) >= 11 is 0. The Labute approximate surface area is 156 Å². The van der Waals surface area contributed by atoms with Crippen LogP contribution in [-0.4, -0.2) is 35.5 Å². The van der Waals surface area contributed by atoms with Gasteiger partial charge < -0.3 is 20.1 Å². The molecule has 27 heavy (non-hydrogen) atoms. The number of fused-ring (bicyclic) bond motifs is 1. The molecule has 7 heteroatoms. The van der Waals surface area contributed by atoms with Crippen molar-refractivity contribution in [2.45, 2.75) is 25.5 Å². The average molecular weight is 368 g/mol. The van der Waals surface area contributed by atoms with Gasteiger partial charge in [0.05, 0.1) is 11.4 Å². The first-order valence-corrected chi connectivity index (χ1v) is 8.58. The SMILES string of the molecule is C[C@H]1CC(=O)Nc2ccccc2N1C(=O)COC(=O)[C@@H](O)c1ccccc1. The number of rotatable bonds is 4. The highest BCUT2D eigenvalue weighted by Gasteiger charge is 2.30. The largest absolute Gasteiger partial charge is 0.453 e. The van der Waals surface area contributed by atoms with E-state index < -0.39 is 30.6 Å². The number of carbonyl (C=O) groups is 3. The van der Waals surface area contributed by atoms with Crippen LogP contribution < -0.4 is 10.2 Å². The number of nitrogens with one attached hydrogen (secondary N) is 1. The van der Waals surface area contributed by atoms with Gasteiger partial charge in [0, 0.05) is 12.5 Å². The number of amides is 2. The minimum absolute atomic E-state index is 0.126. The van der Waals surface area contributed by atoms with Gasteiger partial charge in [-0.2, -0.15) is 0 Å². The summed E-state index contributed by atoms with van der Waals surface area (Å²) in [5, 5.41) is 12.8. The maximum atomic E-state index is 12.7. The Kier molecular flexibility index (Phi) is 5.52. The number of nitrogens with zero attached hydrogens (tertiary/aromatic N) is 1. The van der Waals surface area contributed by atoms with Crippen molar-refractivity contribution in [1.29, 1.82) is 0 Å². The average Bonchev–Trinajstić information content (AvgIpc) is 2.80. The Morgan fingerprint density at radius 2 is 1.85 bits per heavy atom. The molecule has 0 fully saturated rings. The van der Waals surface area contributed by atoms with E-state index in [9.17, 15) is 19.5 Å². The van der Waals surface area contributed by atoms with E-state index in [1.807, 2.05) is 0 Å². The second-order valence-electron chi connectivity index (χ2n) is 6.30. The molecule has 1 aliphatic rings. The van der Waals surface area contributed by atoms with E-state index in [-0.39, 0.29) is 12.3 Å². The van der Waals surface area contributed by atoms with Crippen LogP contribution >= 0.6 is 0 Å². The molecule has 1 heterocycles. The van der Waals surface area contributed by atoms with Gasteiger partial charge in [-0.1, -0.05) is 42.5 Å². The van der Waals surface area contributed by atoms with Crippen LogP contribution in [0.5, 0.6) is 0 Å².